The van der Waals surface area contributed by atoms with Crippen LogP contribution in [-0.2, 0) is 9.84 Å². The molecule has 16 heavy (non-hydrogen) atoms. The Morgan fingerprint density at radius 2 is 1.88 bits per heavy atom. The zero-order valence-corrected chi connectivity index (χ0v) is 8.83. The summed E-state index contributed by atoms with van der Waals surface area (Å²) in [6.45, 7) is 0. The van der Waals surface area contributed by atoms with Crippen molar-refractivity contribution in [3.05, 3.63) is 36.3 Å². The molecule has 0 saturated heterocycles. The van der Waals surface area contributed by atoms with Crippen LogP contribution in [0.3, 0.4) is 0 Å². The molecule has 0 radical (unpaired) electrons. The summed E-state index contributed by atoms with van der Waals surface area (Å²) in [6.07, 6.45) is 1.12. The molecule has 84 valence electrons. The van der Waals surface area contributed by atoms with Crippen molar-refractivity contribution in [3.63, 3.8) is 0 Å². The molecular weight excluding hydrogens is 233 g/mol. The highest BCUT2D eigenvalue weighted by molar-refractivity contribution is 7.91. The van der Waals surface area contributed by atoms with E-state index in [4.69, 9.17) is 5.73 Å². The molecule has 2 aromatic rings. The first-order chi connectivity index (χ1) is 7.51. The normalized spacial score (nSPS) is 11.6. The van der Waals surface area contributed by atoms with Crippen molar-refractivity contribution < 1.29 is 12.8 Å². The minimum absolute atomic E-state index is 0.0259. The molecule has 2 rings (SSSR count). The molecule has 0 unspecified atom stereocenters. The molecule has 0 fully saturated rings. The predicted octanol–water partition coefficient (Wildman–Crippen LogP) is 0.964. The van der Waals surface area contributed by atoms with Crippen LogP contribution in [0, 0.1) is 5.82 Å². The minimum atomic E-state index is -3.73. The van der Waals surface area contributed by atoms with Gasteiger partial charge in [-0.2, -0.15) is 5.10 Å². The molecule has 1 aromatic heterocycles. The SMILES string of the molecule is Nc1[nH]ncc1S(=O)(=O)c1ccc(F)cc1. The summed E-state index contributed by atoms with van der Waals surface area (Å²) >= 11 is 0. The van der Waals surface area contributed by atoms with Crippen LogP contribution in [0.5, 0.6) is 0 Å². The predicted molar refractivity (Wildman–Crippen MR) is 54.9 cm³/mol. The van der Waals surface area contributed by atoms with Crippen molar-refractivity contribution in [3.8, 4) is 0 Å². The topological polar surface area (TPSA) is 88.8 Å². The van der Waals surface area contributed by atoms with Crippen molar-refractivity contribution in [2.24, 2.45) is 0 Å². The molecule has 0 bridgehead atoms. The molecule has 0 spiro atoms. The number of nitrogens with one attached hydrogen (secondary N) is 1. The number of nitrogens with zero attached hydrogens (tertiary/aromatic N) is 1. The van der Waals surface area contributed by atoms with E-state index < -0.39 is 15.7 Å². The molecule has 5 nitrogen and oxygen atoms in total. The van der Waals surface area contributed by atoms with E-state index in [-0.39, 0.29) is 15.6 Å². The lowest BCUT2D eigenvalue weighted by molar-refractivity contribution is 0.595. The van der Waals surface area contributed by atoms with Crippen LogP contribution in [0.4, 0.5) is 10.2 Å². The van der Waals surface area contributed by atoms with Gasteiger partial charge < -0.3 is 5.73 Å². The summed E-state index contributed by atoms with van der Waals surface area (Å²) in [4.78, 5) is -0.138. The summed E-state index contributed by atoms with van der Waals surface area (Å²) in [7, 11) is -3.73. The van der Waals surface area contributed by atoms with Crippen molar-refractivity contribution in [1.29, 1.82) is 0 Å². The number of hydrogen-bond acceptors (Lipinski definition) is 4. The van der Waals surface area contributed by atoms with Gasteiger partial charge in [-0.3, -0.25) is 5.10 Å². The third-order valence-corrected chi connectivity index (χ3v) is 3.84. The molecule has 7 heteroatoms. The Morgan fingerprint density at radius 1 is 1.25 bits per heavy atom. The van der Waals surface area contributed by atoms with Crippen LogP contribution in [0.1, 0.15) is 0 Å². The molecule has 0 amide bonds. The largest absolute Gasteiger partial charge is 0.383 e. The molecule has 1 heterocycles. The summed E-state index contributed by atoms with van der Waals surface area (Å²) in [5.74, 6) is -0.538. The summed E-state index contributed by atoms with van der Waals surface area (Å²) in [5, 5.41) is 5.86. The van der Waals surface area contributed by atoms with Crippen molar-refractivity contribution in [2.45, 2.75) is 9.79 Å². The van der Waals surface area contributed by atoms with E-state index in [1.54, 1.807) is 0 Å². The number of benzene rings is 1. The first-order valence-electron chi connectivity index (χ1n) is 4.31. The van der Waals surface area contributed by atoms with Crippen LogP contribution in [0.2, 0.25) is 0 Å². The Kier molecular flexibility index (Phi) is 2.39. The third-order valence-electron chi connectivity index (χ3n) is 2.05. The minimum Gasteiger partial charge on any atom is -0.383 e. The van der Waals surface area contributed by atoms with E-state index in [9.17, 15) is 12.8 Å². The van der Waals surface area contributed by atoms with Gasteiger partial charge in [-0.25, -0.2) is 12.8 Å². The van der Waals surface area contributed by atoms with Gasteiger partial charge in [0.2, 0.25) is 9.84 Å². The summed E-state index contributed by atoms with van der Waals surface area (Å²) in [6, 6.07) is 4.50. The molecule has 0 aliphatic heterocycles. The molecule has 1 aromatic carbocycles. The number of anilines is 1. The fraction of sp³-hybridized carbons (Fsp3) is 0. The molecule has 0 atom stereocenters. The highest BCUT2D eigenvalue weighted by Crippen LogP contribution is 2.23. The van der Waals surface area contributed by atoms with Gasteiger partial charge in [0.15, 0.2) is 0 Å². The quantitative estimate of drug-likeness (QED) is 0.766. The van der Waals surface area contributed by atoms with E-state index in [0.717, 1.165) is 18.3 Å². The first kappa shape index (κ1) is 10.6. The molecule has 3 N–H and O–H groups in total. The molecular formula is C9H8FN3O2S. The van der Waals surface area contributed by atoms with Gasteiger partial charge in [-0.15, -0.1) is 0 Å². The monoisotopic (exact) mass is 241 g/mol. The smallest absolute Gasteiger partial charge is 0.211 e. The number of nitrogens with two attached hydrogens (primary N) is 1. The highest BCUT2D eigenvalue weighted by atomic mass is 32.2. The lowest BCUT2D eigenvalue weighted by atomic mass is 10.4. The first-order valence-corrected chi connectivity index (χ1v) is 5.79. The van der Waals surface area contributed by atoms with Gasteiger partial charge in [0, 0.05) is 0 Å². The van der Waals surface area contributed by atoms with Gasteiger partial charge >= 0.3 is 0 Å². The maximum atomic E-state index is 12.7. The van der Waals surface area contributed by atoms with E-state index >= 15 is 0 Å². The lowest BCUT2D eigenvalue weighted by Gasteiger charge is -2.02. The number of H-pyrrole nitrogens is 1. The maximum absolute atomic E-state index is 12.7. The summed E-state index contributed by atoms with van der Waals surface area (Å²) < 4.78 is 36.6. The second-order valence-corrected chi connectivity index (χ2v) is 5.02. The number of nitrogen functional groups attached to an aromatic ring is 1. The Hall–Kier alpha value is -1.89. The molecule has 0 aliphatic rings. The fourth-order valence-electron chi connectivity index (χ4n) is 1.24. The van der Waals surface area contributed by atoms with E-state index in [0.29, 0.717) is 0 Å². The Bertz CT molecular complexity index is 604. The number of hydrogen-bond donors (Lipinski definition) is 2. The lowest BCUT2D eigenvalue weighted by Crippen LogP contribution is -2.03. The molecule has 0 aliphatic carbocycles. The summed E-state index contributed by atoms with van der Waals surface area (Å²) in [5.41, 5.74) is 5.42. The fourth-order valence-corrected chi connectivity index (χ4v) is 2.51. The van der Waals surface area contributed by atoms with Crippen molar-refractivity contribution in [2.75, 3.05) is 5.73 Å². The zero-order chi connectivity index (χ0) is 11.8. The van der Waals surface area contributed by atoms with Crippen LogP contribution < -0.4 is 5.73 Å². The number of aromatic amines is 1. The Morgan fingerprint density at radius 3 is 2.38 bits per heavy atom. The number of halogens is 1. The standard InChI is InChI=1S/C9H8FN3O2S/c10-6-1-3-7(4-2-6)16(14,15)8-5-12-13-9(8)11/h1-5H,(H3,11,12,13). The second-order valence-electron chi connectivity index (χ2n) is 3.11. The Balaban J connectivity index is 2.56. The molecule has 0 saturated carbocycles. The maximum Gasteiger partial charge on any atom is 0.211 e. The van der Waals surface area contributed by atoms with Crippen LogP contribution in [0.25, 0.3) is 0 Å². The second kappa shape index (κ2) is 3.60. The number of rotatable bonds is 2. The van der Waals surface area contributed by atoms with Crippen molar-refractivity contribution in [1.82, 2.24) is 10.2 Å². The van der Waals surface area contributed by atoms with Crippen LogP contribution >= 0.6 is 0 Å². The third kappa shape index (κ3) is 1.65. The van der Waals surface area contributed by atoms with Gasteiger partial charge in [-0.05, 0) is 24.3 Å². The zero-order valence-electron chi connectivity index (χ0n) is 8.01. The number of sulfone groups is 1. The van der Waals surface area contributed by atoms with Crippen LogP contribution in [-0.4, -0.2) is 18.6 Å². The van der Waals surface area contributed by atoms with E-state index in [1.807, 2.05) is 0 Å². The van der Waals surface area contributed by atoms with Gasteiger partial charge in [-0.1, -0.05) is 0 Å². The average molecular weight is 241 g/mol. The van der Waals surface area contributed by atoms with Gasteiger partial charge in [0.05, 0.1) is 11.1 Å². The van der Waals surface area contributed by atoms with Gasteiger partial charge in [0.1, 0.15) is 16.5 Å². The van der Waals surface area contributed by atoms with E-state index in [2.05, 4.69) is 10.2 Å². The van der Waals surface area contributed by atoms with Crippen molar-refractivity contribution >= 4 is 15.7 Å². The highest BCUT2D eigenvalue weighted by Gasteiger charge is 2.21. The average Bonchev–Trinajstić information content (AvgIpc) is 2.66. The number of aromatic nitrogens is 2. The van der Waals surface area contributed by atoms with Crippen LogP contribution in [0.15, 0.2) is 40.3 Å². The van der Waals surface area contributed by atoms with E-state index in [1.165, 1.54) is 12.1 Å². The van der Waals surface area contributed by atoms with Gasteiger partial charge in [0.25, 0.3) is 0 Å². The Labute approximate surface area is 91.0 Å².